The maximum Gasteiger partial charge on any atom is 0.343 e. The summed E-state index contributed by atoms with van der Waals surface area (Å²) < 4.78 is 5.28. The van der Waals surface area contributed by atoms with E-state index in [-0.39, 0.29) is 39.7 Å². The van der Waals surface area contributed by atoms with E-state index in [1.54, 1.807) is 0 Å². The molecule has 14 nitrogen and oxygen atoms in total. The van der Waals surface area contributed by atoms with Gasteiger partial charge in [0.05, 0.1) is 27.2 Å². The highest BCUT2D eigenvalue weighted by molar-refractivity contribution is 6.09. The zero-order valence-corrected chi connectivity index (χ0v) is 23.9. The molecule has 2 aliphatic rings. The van der Waals surface area contributed by atoms with E-state index < -0.39 is 57.7 Å². The van der Waals surface area contributed by atoms with Gasteiger partial charge in [-0.05, 0) is 73.7 Å². The van der Waals surface area contributed by atoms with Crippen molar-refractivity contribution in [1.29, 1.82) is 0 Å². The van der Waals surface area contributed by atoms with Crippen LogP contribution in [-0.4, -0.2) is 55.9 Å². The average Bonchev–Trinajstić information content (AvgIpc) is 3.27. The van der Waals surface area contributed by atoms with Crippen LogP contribution >= 0.6 is 0 Å². The molecule has 3 aromatic rings. The van der Waals surface area contributed by atoms with E-state index in [1.807, 2.05) is 6.92 Å². The molecule has 2 fully saturated rings. The number of ether oxygens (including phenoxy) is 1. The number of hydrogen-bond acceptors (Lipinski definition) is 10. The predicted octanol–water partition coefficient (Wildman–Crippen LogP) is 4.38. The number of ketones is 1. The molecule has 45 heavy (non-hydrogen) atoms. The maximum atomic E-state index is 13.7. The smallest absolute Gasteiger partial charge is 0.343 e. The number of benzene rings is 3. The minimum atomic E-state index is -0.861. The van der Waals surface area contributed by atoms with E-state index in [2.05, 4.69) is 0 Å². The topological polar surface area (TPSA) is 187 Å². The molecule has 3 atom stereocenters. The normalized spacial score (nSPS) is 19.0. The number of carbonyl (C=O) groups excluding carboxylic acids is 5. The highest BCUT2D eigenvalue weighted by atomic mass is 16.6. The van der Waals surface area contributed by atoms with E-state index in [9.17, 15) is 44.2 Å². The first kappa shape index (κ1) is 30.7. The second-order valence-electron chi connectivity index (χ2n) is 10.9. The Morgan fingerprint density at radius 2 is 1.29 bits per heavy atom. The van der Waals surface area contributed by atoms with Gasteiger partial charge in [-0.25, -0.2) is 9.80 Å². The van der Waals surface area contributed by atoms with Crippen molar-refractivity contribution in [1.82, 2.24) is 10.0 Å². The first-order chi connectivity index (χ1) is 21.4. The van der Waals surface area contributed by atoms with Crippen molar-refractivity contribution in [2.24, 2.45) is 17.8 Å². The lowest BCUT2D eigenvalue weighted by Crippen LogP contribution is -2.52. The predicted molar refractivity (Wildman–Crippen MR) is 155 cm³/mol. The number of hydrogen-bond donors (Lipinski definition) is 0. The summed E-state index contributed by atoms with van der Waals surface area (Å²) in [6.07, 6.45) is 1.68. The van der Waals surface area contributed by atoms with Crippen molar-refractivity contribution in [2.75, 3.05) is 6.54 Å². The number of rotatable bonds is 9. The zero-order chi connectivity index (χ0) is 32.4. The van der Waals surface area contributed by atoms with Crippen LogP contribution in [0.25, 0.3) is 0 Å². The Morgan fingerprint density at radius 1 is 0.778 bits per heavy atom. The third kappa shape index (κ3) is 6.30. The molecule has 1 aliphatic heterocycles. The molecule has 0 bridgehead atoms. The van der Waals surface area contributed by atoms with Crippen molar-refractivity contribution in [3.63, 3.8) is 0 Å². The molecule has 3 amide bonds. The number of nitro groups is 2. The Kier molecular flexibility index (Phi) is 8.48. The molecule has 230 valence electrons. The number of nitrogens with zero attached hydrogens (tertiary/aromatic N) is 4. The van der Waals surface area contributed by atoms with Crippen LogP contribution < -0.4 is 4.74 Å². The molecular formula is C31H26N4O10. The lowest BCUT2D eigenvalue weighted by atomic mass is 9.76. The molecule has 5 rings (SSSR count). The van der Waals surface area contributed by atoms with Crippen LogP contribution in [-0.2, 0) is 9.59 Å². The Balaban J connectivity index is 1.36. The van der Waals surface area contributed by atoms with E-state index in [0.29, 0.717) is 12.8 Å². The number of hydrazine groups is 1. The molecule has 0 spiro atoms. The van der Waals surface area contributed by atoms with Crippen molar-refractivity contribution in [3.05, 3.63) is 110 Å². The van der Waals surface area contributed by atoms with Crippen LogP contribution in [0.5, 0.6) is 5.75 Å². The fraction of sp³-hybridized carbons (Fsp3) is 0.258. The van der Waals surface area contributed by atoms with Crippen molar-refractivity contribution in [3.8, 4) is 5.75 Å². The van der Waals surface area contributed by atoms with E-state index >= 15 is 0 Å². The van der Waals surface area contributed by atoms with Crippen molar-refractivity contribution >= 4 is 40.8 Å². The number of amides is 3. The lowest BCUT2D eigenvalue weighted by Gasteiger charge is -2.30. The molecule has 1 saturated carbocycles. The Hall–Kier alpha value is -5.79. The first-order valence-electron chi connectivity index (χ1n) is 14.0. The molecule has 14 heteroatoms. The molecule has 1 heterocycles. The summed E-state index contributed by atoms with van der Waals surface area (Å²) in [5, 5.41) is 23.5. The summed E-state index contributed by atoms with van der Waals surface area (Å²) in [5.74, 6) is -4.39. The molecule has 0 aromatic heterocycles. The van der Waals surface area contributed by atoms with Gasteiger partial charge in [0.2, 0.25) is 0 Å². The summed E-state index contributed by atoms with van der Waals surface area (Å²) >= 11 is 0. The number of imide groups is 1. The maximum absolute atomic E-state index is 13.7. The second kappa shape index (κ2) is 12.4. The minimum Gasteiger partial charge on any atom is -0.423 e. The molecule has 0 N–H and O–H groups in total. The molecule has 1 saturated heterocycles. The van der Waals surface area contributed by atoms with Crippen molar-refractivity contribution < 1.29 is 38.6 Å². The molecule has 0 radical (unpaired) electrons. The minimum absolute atomic E-state index is 0.0641. The van der Waals surface area contributed by atoms with Gasteiger partial charge in [0.25, 0.3) is 29.1 Å². The highest BCUT2D eigenvalue weighted by Crippen LogP contribution is 2.41. The highest BCUT2D eigenvalue weighted by Gasteiger charge is 2.52. The van der Waals surface area contributed by atoms with E-state index in [4.69, 9.17) is 4.74 Å². The summed E-state index contributed by atoms with van der Waals surface area (Å²) in [6, 6.07) is 14.7. The Labute approximate surface area is 255 Å². The van der Waals surface area contributed by atoms with Gasteiger partial charge in [-0.2, -0.15) is 5.01 Å². The molecular weight excluding hydrogens is 588 g/mol. The van der Waals surface area contributed by atoms with Gasteiger partial charge in [0, 0.05) is 35.4 Å². The van der Waals surface area contributed by atoms with Crippen LogP contribution in [0.2, 0.25) is 0 Å². The van der Waals surface area contributed by atoms with Gasteiger partial charge in [0.1, 0.15) is 12.3 Å². The number of nitro benzene ring substituents is 2. The number of Topliss-reactive ketones (excluding diaryl/α,β-unsaturated/α-hetero) is 1. The fourth-order valence-corrected chi connectivity index (χ4v) is 5.54. The molecule has 1 aliphatic carbocycles. The number of non-ortho nitro benzene ring substituents is 2. The largest absolute Gasteiger partial charge is 0.423 e. The second-order valence-corrected chi connectivity index (χ2v) is 10.9. The van der Waals surface area contributed by atoms with E-state index in [1.165, 1.54) is 48.5 Å². The van der Waals surface area contributed by atoms with Crippen LogP contribution in [0.1, 0.15) is 57.3 Å². The summed E-state index contributed by atoms with van der Waals surface area (Å²) in [7, 11) is 0. The summed E-state index contributed by atoms with van der Waals surface area (Å²) in [5.41, 5.74) is -0.378. The first-order valence-corrected chi connectivity index (χ1v) is 14.0. The van der Waals surface area contributed by atoms with Gasteiger partial charge < -0.3 is 4.74 Å². The number of esters is 1. The molecule has 0 unspecified atom stereocenters. The SMILES string of the molecule is C[C@@H]1CC[C@H]2C(=O)N(N(CC(=O)c3ccc(OC(=O)c4ccc([N+](=O)[O-])cc4)cc3)C(=O)c3ccc([N+](=O)[O-])cc3)C(=O)[C@@H]2C1. The van der Waals surface area contributed by atoms with Gasteiger partial charge in [0.15, 0.2) is 5.78 Å². The Morgan fingerprint density at radius 3 is 1.84 bits per heavy atom. The third-order valence-corrected chi connectivity index (χ3v) is 7.96. The van der Waals surface area contributed by atoms with Gasteiger partial charge in [-0.15, -0.1) is 0 Å². The average molecular weight is 615 g/mol. The zero-order valence-electron chi connectivity index (χ0n) is 23.9. The third-order valence-electron chi connectivity index (χ3n) is 7.96. The van der Waals surface area contributed by atoms with Crippen molar-refractivity contribution in [2.45, 2.75) is 26.2 Å². The Bertz CT molecular complexity index is 1700. The summed E-state index contributed by atoms with van der Waals surface area (Å²) in [4.78, 5) is 87.1. The number of fused-ring (bicyclic) bond motifs is 1. The van der Waals surface area contributed by atoms with Crippen LogP contribution in [0.3, 0.4) is 0 Å². The molecule has 3 aromatic carbocycles. The summed E-state index contributed by atoms with van der Waals surface area (Å²) in [6.45, 7) is 1.29. The van der Waals surface area contributed by atoms with Crippen LogP contribution in [0, 0.1) is 38.0 Å². The lowest BCUT2D eigenvalue weighted by molar-refractivity contribution is -0.385. The quantitative estimate of drug-likeness (QED) is 0.0835. The van der Waals surface area contributed by atoms with Crippen LogP contribution in [0.15, 0.2) is 72.8 Å². The standard InChI is InChI=1S/C31H26N4O10/c1-18-2-15-25-26(16-18)30(39)33(29(25)38)32(28(37)20-3-9-22(10-4-20)34(41)42)17-27(36)19-7-13-24(14-8-19)45-31(40)21-5-11-23(12-6-21)35(43)44/h3-14,18,25-26H,2,15-17H2,1H3/t18-,25-,26-/m1/s1. The van der Waals surface area contributed by atoms with E-state index in [0.717, 1.165) is 40.7 Å². The number of carbonyl (C=O) groups is 5. The van der Waals surface area contributed by atoms with Gasteiger partial charge >= 0.3 is 5.97 Å². The fourth-order valence-electron chi connectivity index (χ4n) is 5.54. The monoisotopic (exact) mass is 614 g/mol. The van der Waals surface area contributed by atoms with Crippen LogP contribution in [0.4, 0.5) is 11.4 Å². The van der Waals surface area contributed by atoms with Gasteiger partial charge in [-0.3, -0.25) is 39.4 Å². The van der Waals surface area contributed by atoms with Gasteiger partial charge in [-0.1, -0.05) is 6.92 Å².